The lowest BCUT2D eigenvalue weighted by Crippen LogP contribution is -2.53. The molecule has 2 fully saturated rings. The maximum Gasteiger partial charge on any atom is 0.469 e. The molecule has 2 aromatic heterocycles. The number of rotatable bonds is 6. The Kier molecular flexibility index (Phi) is 5.23. The van der Waals surface area contributed by atoms with E-state index in [1.165, 1.54) is 6.33 Å². The first-order chi connectivity index (χ1) is 13.6. The molecule has 13 nitrogen and oxygen atoms in total. The molecule has 7 N–H and O–H groups in total. The van der Waals surface area contributed by atoms with Gasteiger partial charge in [0.25, 0.3) is 0 Å². The summed E-state index contributed by atoms with van der Waals surface area (Å²) in [6.07, 6.45) is -1.13. The fourth-order valence-corrected chi connectivity index (χ4v) is 3.69. The summed E-state index contributed by atoms with van der Waals surface area (Å²) in [6.45, 7) is 1.06. The molecule has 1 saturated carbocycles. The Morgan fingerprint density at radius 2 is 2.07 bits per heavy atom. The van der Waals surface area contributed by atoms with Gasteiger partial charge < -0.3 is 35.8 Å². The predicted molar refractivity (Wildman–Crippen MR) is 99.5 cm³/mol. The number of phosphoric acid groups is 1. The summed E-state index contributed by atoms with van der Waals surface area (Å²) < 4.78 is 22.8. The van der Waals surface area contributed by atoms with Crippen LogP contribution in [0.3, 0.4) is 0 Å². The Morgan fingerprint density at radius 3 is 2.72 bits per heavy atom. The van der Waals surface area contributed by atoms with E-state index in [4.69, 9.17) is 20.3 Å². The van der Waals surface area contributed by atoms with Gasteiger partial charge in [-0.3, -0.25) is 9.09 Å². The highest BCUT2D eigenvalue weighted by molar-refractivity contribution is 7.46. The van der Waals surface area contributed by atoms with E-state index in [1.807, 2.05) is 0 Å². The van der Waals surface area contributed by atoms with Crippen LogP contribution in [0.25, 0.3) is 11.2 Å². The van der Waals surface area contributed by atoms with Crippen molar-refractivity contribution in [2.45, 2.75) is 50.3 Å². The summed E-state index contributed by atoms with van der Waals surface area (Å²) in [7, 11) is -4.77. The van der Waals surface area contributed by atoms with Crippen LogP contribution in [-0.2, 0) is 13.8 Å². The molecule has 160 valence electrons. The molecule has 1 unspecified atom stereocenters. The van der Waals surface area contributed by atoms with Crippen LogP contribution in [0.4, 0.5) is 11.8 Å². The van der Waals surface area contributed by atoms with Crippen LogP contribution in [0.1, 0.15) is 26.0 Å². The van der Waals surface area contributed by atoms with Crippen molar-refractivity contribution in [3.8, 4) is 0 Å². The zero-order chi connectivity index (χ0) is 20.9. The lowest BCUT2D eigenvalue weighted by molar-refractivity contribution is -0.226. The second-order valence-electron chi connectivity index (χ2n) is 7.36. The Labute approximate surface area is 165 Å². The number of nitrogens with two attached hydrogens (primary N) is 1. The quantitative estimate of drug-likeness (QED) is 0.317. The van der Waals surface area contributed by atoms with Crippen LogP contribution in [-0.4, -0.2) is 70.5 Å². The van der Waals surface area contributed by atoms with Crippen LogP contribution in [0, 0.1) is 5.92 Å². The summed E-state index contributed by atoms with van der Waals surface area (Å²) in [6, 6.07) is 0.314. The van der Waals surface area contributed by atoms with Gasteiger partial charge in [0.2, 0.25) is 5.95 Å². The van der Waals surface area contributed by atoms with Gasteiger partial charge >= 0.3 is 7.82 Å². The predicted octanol–water partition coefficient (Wildman–Crippen LogP) is -0.653. The van der Waals surface area contributed by atoms with Gasteiger partial charge in [0.15, 0.2) is 17.0 Å². The number of hydrogen-bond donors (Lipinski definition) is 6. The SMILES string of the molecule is CC1[C@@H](O)[C@@H](O)[C@@H](COP(=O)(O)O)O[C@H]1n1cnc2c(NC3CC3)nc(N)nc21. The number of nitrogens with one attached hydrogen (secondary N) is 1. The van der Waals surface area contributed by atoms with Crippen molar-refractivity contribution < 1.29 is 33.8 Å². The van der Waals surface area contributed by atoms with E-state index in [1.54, 1.807) is 11.5 Å². The van der Waals surface area contributed by atoms with Gasteiger partial charge in [-0.05, 0) is 12.8 Å². The van der Waals surface area contributed by atoms with Gasteiger partial charge in [0.1, 0.15) is 18.4 Å². The first-order valence-electron chi connectivity index (χ1n) is 9.12. The minimum Gasteiger partial charge on any atom is -0.390 e. The molecule has 1 aliphatic carbocycles. The molecule has 0 radical (unpaired) electrons. The molecule has 29 heavy (non-hydrogen) atoms. The second-order valence-corrected chi connectivity index (χ2v) is 8.60. The molecule has 0 amide bonds. The molecule has 2 aliphatic rings. The number of fused-ring (bicyclic) bond motifs is 1. The molecule has 2 aromatic rings. The number of aliphatic hydroxyl groups is 2. The highest BCUT2D eigenvalue weighted by Crippen LogP contribution is 2.40. The van der Waals surface area contributed by atoms with E-state index in [9.17, 15) is 14.8 Å². The molecule has 1 aliphatic heterocycles. The van der Waals surface area contributed by atoms with Gasteiger partial charge in [0, 0.05) is 12.0 Å². The van der Waals surface area contributed by atoms with E-state index in [0.717, 1.165) is 12.8 Å². The number of phosphoric ester groups is 1. The van der Waals surface area contributed by atoms with Gasteiger partial charge in [-0.1, -0.05) is 6.92 Å². The van der Waals surface area contributed by atoms with E-state index >= 15 is 0 Å². The summed E-state index contributed by atoms with van der Waals surface area (Å²) in [5.74, 6) is -0.0586. The van der Waals surface area contributed by atoms with E-state index in [0.29, 0.717) is 23.0 Å². The second kappa shape index (κ2) is 7.43. The number of ether oxygens (including phenoxy) is 1. The highest BCUT2D eigenvalue weighted by atomic mass is 31.2. The summed E-state index contributed by atoms with van der Waals surface area (Å²) in [5.41, 5.74) is 6.69. The van der Waals surface area contributed by atoms with E-state index in [-0.39, 0.29) is 5.95 Å². The molecule has 5 atom stereocenters. The van der Waals surface area contributed by atoms with Gasteiger partial charge in [-0.15, -0.1) is 0 Å². The molecular weight excluding hydrogens is 407 g/mol. The van der Waals surface area contributed by atoms with Crippen molar-refractivity contribution in [2.24, 2.45) is 5.92 Å². The van der Waals surface area contributed by atoms with Gasteiger partial charge in [-0.25, -0.2) is 9.55 Å². The zero-order valence-electron chi connectivity index (χ0n) is 15.5. The van der Waals surface area contributed by atoms with E-state index in [2.05, 4.69) is 24.8 Å². The fourth-order valence-electron chi connectivity index (χ4n) is 3.35. The Bertz CT molecular complexity index is 947. The van der Waals surface area contributed by atoms with Crippen molar-refractivity contribution in [1.82, 2.24) is 19.5 Å². The van der Waals surface area contributed by atoms with Crippen molar-refractivity contribution in [1.29, 1.82) is 0 Å². The lowest BCUT2D eigenvalue weighted by atomic mass is 9.91. The van der Waals surface area contributed by atoms with Crippen LogP contribution < -0.4 is 11.1 Å². The molecule has 3 heterocycles. The molecule has 14 heteroatoms. The number of hydrogen-bond acceptors (Lipinski definition) is 10. The molecule has 4 rings (SSSR count). The summed E-state index contributed by atoms with van der Waals surface area (Å²) >= 11 is 0. The largest absolute Gasteiger partial charge is 0.469 e. The number of aliphatic hydroxyl groups excluding tert-OH is 2. The molecule has 0 aromatic carbocycles. The third-order valence-electron chi connectivity index (χ3n) is 5.07. The average molecular weight is 430 g/mol. The Morgan fingerprint density at radius 1 is 1.34 bits per heavy atom. The van der Waals surface area contributed by atoms with Crippen molar-refractivity contribution >= 4 is 30.8 Å². The molecule has 0 spiro atoms. The third-order valence-corrected chi connectivity index (χ3v) is 5.56. The number of aromatic nitrogens is 4. The monoisotopic (exact) mass is 430 g/mol. The van der Waals surface area contributed by atoms with Gasteiger partial charge in [-0.2, -0.15) is 9.97 Å². The smallest absolute Gasteiger partial charge is 0.390 e. The van der Waals surface area contributed by atoms with Crippen LogP contribution in [0.15, 0.2) is 6.33 Å². The maximum absolute atomic E-state index is 11.0. The first-order valence-corrected chi connectivity index (χ1v) is 10.7. The highest BCUT2D eigenvalue weighted by Gasteiger charge is 2.44. The molecule has 1 saturated heterocycles. The minimum atomic E-state index is -4.77. The summed E-state index contributed by atoms with van der Waals surface area (Å²) in [4.78, 5) is 30.6. The zero-order valence-corrected chi connectivity index (χ0v) is 16.4. The van der Waals surface area contributed by atoms with Crippen molar-refractivity contribution in [2.75, 3.05) is 17.7 Å². The fraction of sp³-hybridized carbons (Fsp3) is 0.667. The van der Waals surface area contributed by atoms with Crippen molar-refractivity contribution in [3.05, 3.63) is 6.33 Å². The number of nitrogen functional groups attached to an aromatic ring is 1. The van der Waals surface area contributed by atoms with Gasteiger partial charge in [0.05, 0.1) is 19.0 Å². The van der Waals surface area contributed by atoms with Crippen LogP contribution >= 0.6 is 7.82 Å². The number of imidazole rings is 1. The Hall–Kier alpha value is -1.86. The Balaban J connectivity index is 1.66. The molecule has 0 bridgehead atoms. The lowest BCUT2D eigenvalue weighted by Gasteiger charge is -2.41. The topological polar surface area (TPSA) is 198 Å². The normalized spacial score (nSPS) is 30.6. The minimum absolute atomic E-state index is 0.0350. The van der Waals surface area contributed by atoms with Crippen molar-refractivity contribution in [3.63, 3.8) is 0 Å². The first kappa shape index (κ1) is 20.4. The number of anilines is 2. The average Bonchev–Trinajstić information content (AvgIpc) is 3.36. The van der Waals surface area contributed by atoms with E-state index < -0.39 is 44.9 Å². The standard InChI is InChI=1S/C15H23N6O7P/c1-6-10(22)11(23)8(4-27-29(24,25)26)28-14(6)21-5-17-9-12(18-7-2-3-7)19-15(16)20-13(9)21/h5-8,10-11,14,22-23H,2-4H2,1H3,(H2,24,25,26)(H3,16,18,19,20)/t6?,8-,10-,11+,14-/m1/s1. The summed E-state index contributed by atoms with van der Waals surface area (Å²) in [5, 5.41) is 23.9. The maximum atomic E-state index is 11.0. The van der Waals surface area contributed by atoms with Crippen LogP contribution in [0.2, 0.25) is 0 Å². The number of nitrogens with zero attached hydrogens (tertiary/aromatic N) is 4. The third kappa shape index (κ3) is 4.21. The molecular formula is C15H23N6O7P. The van der Waals surface area contributed by atoms with Crippen LogP contribution in [0.5, 0.6) is 0 Å².